The van der Waals surface area contributed by atoms with Crippen LogP contribution in [-0.2, 0) is 19.5 Å². The third-order valence-corrected chi connectivity index (χ3v) is 8.04. The van der Waals surface area contributed by atoms with Crippen molar-refractivity contribution in [1.29, 1.82) is 0 Å². The Balaban J connectivity index is 0.00000176. The number of ether oxygens (including phenoxy) is 1. The number of rotatable bonds is 10. The minimum atomic E-state index is -0.178. The molecule has 4 aromatic rings. The summed E-state index contributed by atoms with van der Waals surface area (Å²) in [6, 6.07) is 9.22. The number of hydrogen-bond donors (Lipinski definition) is 1. The number of aryl methyl sites for hydroxylation is 1. The van der Waals surface area contributed by atoms with Crippen molar-refractivity contribution in [3.63, 3.8) is 0 Å². The molecular formula is C30H39Cl2FN4O2. The van der Waals surface area contributed by atoms with Crippen molar-refractivity contribution in [2.24, 2.45) is 11.8 Å². The summed E-state index contributed by atoms with van der Waals surface area (Å²) in [7, 11) is 4.15. The first-order valence-electron chi connectivity index (χ1n) is 13.7. The minimum absolute atomic E-state index is 0. The fraction of sp³-hybridized carbons (Fsp3) is 0.500. The molecule has 2 aromatic carbocycles. The van der Waals surface area contributed by atoms with Gasteiger partial charge in [-0.2, -0.15) is 0 Å². The van der Waals surface area contributed by atoms with Crippen LogP contribution in [-0.4, -0.2) is 53.7 Å². The van der Waals surface area contributed by atoms with Crippen LogP contribution in [0.5, 0.6) is 5.75 Å². The van der Waals surface area contributed by atoms with Gasteiger partial charge in [0, 0.05) is 35.6 Å². The molecular weight excluding hydrogens is 538 g/mol. The van der Waals surface area contributed by atoms with Gasteiger partial charge in [-0.05, 0) is 113 Å². The molecule has 2 fully saturated rings. The van der Waals surface area contributed by atoms with Crippen LogP contribution in [0.1, 0.15) is 48.9 Å². The monoisotopic (exact) mass is 576 g/mol. The number of halogens is 3. The summed E-state index contributed by atoms with van der Waals surface area (Å²) in [5.74, 6) is 2.15. The number of piperidine rings is 1. The predicted molar refractivity (Wildman–Crippen MR) is 159 cm³/mol. The van der Waals surface area contributed by atoms with E-state index >= 15 is 0 Å². The van der Waals surface area contributed by atoms with Crippen LogP contribution >= 0.6 is 24.8 Å². The molecule has 0 spiro atoms. The van der Waals surface area contributed by atoms with Crippen molar-refractivity contribution < 1.29 is 13.7 Å². The highest BCUT2D eigenvalue weighted by Crippen LogP contribution is 2.35. The zero-order valence-electron chi connectivity index (χ0n) is 22.7. The van der Waals surface area contributed by atoms with Gasteiger partial charge in [0.1, 0.15) is 11.6 Å². The summed E-state index contributed by atoms with van der Waals surface area (Å²) in [6.45, 7) is 4.57. The van der Waals surface area contributed by atoms with Crippen molar-refractivity contribution in [2.75, 3.05) is 33.8 Å². The minimum Gasteiger partial charge on any atom is -0.493 e. The highest BCUT2D eigenvalue weighted by Gasteiger charge is 2.25. The standard InChI is InChI=1S/C30H37FN4O2.2ClH/c1-34(2)18-26-29(36-19-21-3-4-21)10-7-24-28(33-37-30(24)26)8-5-20-11-13-35(14-12-20)17-22-16-32-27-9-6-23(31)15-25(22)27;;/h6-7,9-10,15-16,20-21,32H,3-5,8,11-14,17-19H2,1-2H3;2*1H. The molecule has 6 rings (SSSR count). The van der Waals surface area contributed by atoms with Crippen molar-refractivity contribution >= 4 is 46.7 Å². The van der Waals surface area contributed by atoms with Gasteiger partial charge in [-0.25, -0.2) is 4.39 Å². The average molecular weight is 578 g/mol. The van der Waals surface area contributed by atoms with Crippen molar-refractivity contribution in [2.45, 2.75) is 51.6 Å². The molecule has 39 heavy (non-hydrogen) atoms. The van der Waals surface area contributed by atoms with Crippen LogP contribution in [0.3, 0.4) is 0 Å². The molecule has 0 bridgehead atoms. The van der Waals surface area contributed by atoms with Crippen LogP contribution < -0.4 is 4.74 Å². The van der Waals surface area contributed by atoms with Crippen LogP contribution in [0.4, 0.5) is 4.39 Å². The van der Waals surface area contributed by atoms with E-state index in [-0.39, 0.29) is 30.6 Å². The summed E-state index contributed by atoms with van der Waals surface area (Å²) < 4.78 is 25.8. The third kappa shape index (κ3) is 6.88. The molecule has 6 nitrogen and oxygen atoms in total. The number of fused-ring (bicyclic) bond motifs is 2. The summed E-state index contributed by atoms with van der Waals surface area (Å²) in [5.41, 5.74) is 5.22. The molecule has 1 saturated carbocycles. The van der Waals surface area contributed by atoms with Gasteiger partial charge in [-0.15, -0.1) is 24.8 Å². The maximum atomic E-state index is 13.7. The molecule has 3 heterocycles. The lowest BCUT2D eigenvalue weighted by atomic mass is 9.91. The second-order valence-corrected chi connectivity index (χ2v) is 11.3. The van der Waals surface area contributed by atoms with Crippen LogP contribution in [0, 0.1) is 17.7 Å². The first-order valence-corrected chi connectivity index (χ1v) is 13.7. The summed E-state index contributed by atoms with van der Waals surface area (Å²) in [4.78, 5) is 7.92. The van der Waals surface area contributed by atoms with E-state index in [1.807, 2.05) is 12.3 Å². The number of nitrogens with one attached hydrogen (secondary N) is 1. The summed E-state index contributed by atoms with van der Waals surface area (Å²) in [6.07, 6.45) is 8.99. The number of hydrogen-bond acceptors (Lipinski definition) is 5. The largest absolute Gasteiger partial charge is 0.493 e. The highest BCUT2D eigenvalue weighted by molar-refractivity contribution is 5.86. The van der Waals surface area contributed by atoms with Crippen molar-refractivity contribution in [3.05, 3.63) is 59.2 Å². The number of aromatic nitrogens is 2. The fourth-order valence-corrected chi connectivity index (χ4v) is 5.66. The van der Waals surface area contributed by atoms with E-state index in [4.69, 9.17) is 9.26 Å². The normalized spacial score (nSPS) is 16.5. The van der Waals surface area contributed by atoms with E-state index in [1.165, 1.54) is 37.3 Å². The molecule has 1 aliphatic heterocycles. The Hall–Kier alpha value is -2.32. The Morgan fingerprint density at radius 3 is 2.59 bits per heavy atom. The van der Waals surface area contributed by atoms with Gasteiger partial charge in [0.15, 0.2) is 5.58 Å². The number of H-pyrrole nitrogens is 1. The molecule has 0 amide bonds. The maximum Gasteiger partial charge on any atom is 0.175 e. The van der Waals surface area contributed by atoms with Crippen LogP contribution in [0.15, 0.2) is 41.1 Å². The smallest absolute Gasteiger partial charge is 0.175 e. The molecule has 9 heteroatoms. The first-order chi connectivity index (χ1) is 18.0. The molecule has 1 N–H and O–H groups in total. The van der Waals surface area contributed by atoms with Crippen LogP contribution in [0.25, 0.3) is 21.9 Å². The van der Waals surface area contributed by atoms with Gasteiger partial charge in [-0.1, -0.05) is 5.16 Å². The predicted octanol–water partition coefficient (Wildman–Crippen LogP) is 6.99. The Morgan fingerprint density at radius 1 is 1.05 bits per heavy atom. The Kier molecular flexibility index (Phi) is 9.81. The van der Waals surface area contributed by atoms with E-state index in [0.717, 1.165) is 84.5 Å². The maximum absolute atomic E-state index is 13.7. The van der Waals surface area contributed by atoms with Gasteiger partial charge in [0.2, 0.25) is 0 Å². The van der Waals surface area contributed by atoms with Gasteiger partial charge >= 0.3 is 0 Å². The lowest BCUT2D eigenvalue weighted by Crippen LogP contribution is -2.33. The van der Waals surface area contributed by atoms with E-state index in [9.17, 15) is 4.39 Å². The second-order valence-electron chi connectivity index (χ2n) is 11.3. The second kappa shape index (κ2) is 12.9. The lowest BCUT2D eigenvalue weighted by Gasteiger charge is -2.31. The Bertz CT molecular complexity index is 1380. The van der Waals surface area contributed by atoms with E-state index in [0.29, 0.717) is 11.8 Å². The topological polar surface area (TPSA) is 57.5 Å². The average Bonchev–Trinajstić information content (AvgIpc) is 3.51. The molecule has 2 aliphatic rings. The SMILES string of the molecule is CN(C)Cc1c(OCC2CC2)ccc2c(CCC3CCN(Cc4c[nH]c5ccc(F)cc45)CC3)noc12.Cl.Cl. The zero-order valence-corrected chi connectivity index (χ0v) is 24.4. The van der Waals surface area contributed by atoms with Crippen molar-refractivity contribution in [3.8, 4) is 5.75 Å². The van der Waals surface area contributed by atoms with E-state index in [1.54, 1.807) is 6.07 Å². The lowest BCUT2D eigenvalue weighted by molar-refractivity contribution is 0.172. The Labute approximate surface area is 242 Å². The molecule has 212 valence electrons. The van der Waals surface area contributed by atoms with Crippen LogP contribution in [0.2, 0.25) is 0 Å². The number of aromatic amines is 1. The summed E-state index contributed by atoms with van der Waals surface area (Å²) in [5, 5.41) is 6.62. The fourth-order valence-electron chi connectivity index (χ4n) is 5.66. The van der Waals surface area contributed by atoms with Gasteiger partial charge in [-0.3, -0.25) is 4.90 Å². The van der Waals surface area contributed by atoms with Gasteiger partial charge in [0.25, 0.3) is 0 Å². The molecule has 0 radical (unpaired) electrons. The number of likely N-dealkylation sites (tertiary alicyclic amines) is 1. The Morgan fingerprint density at radius 2 is 1.85 bits per heavy atom. The third-order valence-electron chi connectivity index (χ3n) is 8.04. The highest BCUT2D eigenvalue weighted by atomic mass is 35.5. The molecule has 0 atom stereocenters. The van der Waals surface area contributed by atoms with E-state index in [2.05, 4.69) is 46.2 Å². The van der Waals surface area contributed by atoms with Gasteiger partial charge < -0.3 is 19.1 Å². The quantitative estimate of drug-likeness (QED) is 0.220. The number of nitrogens with zero attached hydrogens (tertiary/aromatic N) is 3. The van der Waals surface area contributed by atoms with E-state index < -0.39 is 0 Å². The molecule has 2 aromatic heterocycles. The molecule has 0 unspecified atom stereocenters. The molecule has 1 saturated heterocycles. The summed E-state index contributed by atoms with van der Waals surface area (Å²) >= 11 is 0. The van der Waals surface area contributed by atoms with Gasteiger partial charge in [0.05, 0.1) is 17.9 Å². The molecule has 1 aliphatic carbocycles. The number of benzene rings is 2. The first kappa shape index (κ1) is 29.7. The zero-order chi connectivity index (χ0) is 25.4. The van der Waals surface area contributed by atoms with Crippen molar-refractivity contribution in [1.82, 2.24) is 19.9 Å².